The Hall–Kier alpha value is -2.38. The lowest BCUT2D eigenvalue weighted by Crippen LogP contribution is -2.23. The molecule has 134 valence electrons. The van der Waals surface area contributed by atoms with Gasteiger partial charge in [-0.3, -0.25) is 4.79 Å². The van der Waals surface area contributed by atoms with Gasteiger partial charge in [0.2, 0.25) is 5.43 Å². The summed E-state index contributed by atoms with van der Waals surface area (Å²) in [6.07, 6.45) is -2.79. The van der Waals surface area contributed by atoms with Crippen molar-refractivity contribution in [3.05, 3.63) is 45.0 Å². The second-order valence-electron chi connectivity index (χ2n) is 6.51. The van der Waals surface area contributed by atoms with E-state index in [1.54, 1.807) is 0 Å². The Morgan fingerprint density at radius 3 is 2.36 bits per heavy atom. The number of pyridine rings is 1. The number of carboxylic acids is 1. The van der Waals surface area contributed by atoms with E-state index in [2.05, 4.69) is 0 Å². The molecule has 1 N–H and O–H groups in total. The molecule has 3 rings (SSSR count). The zero-order valence-electron chi connectivity index (χ0n) is 13.4. The van der Waals surface area contributed by atoms with Crippen molar-refractivity contribution in [1.82, 2.24) is 4.57 Å². The largest absolute Gasteiger partial charge is 0.477 e. The first kappa shape index (κ1) is 17.4. The fourth-order valence-electron chi connectivity index (χ4n) is 3.15. The highest BCUT2D eigenvalue weighted by Crippen LogP contribution is 2.44. The van der Waals surface area contributed by atoms with Crippen LogP contribution in [-0.2, 0) is 6.18 Å². The lowest BCUT2D eigenvalue weighted by Gasteiger charge is -2.22. The van der Waals surface area contributed by atoms with Crippen molar-refractivity contribution in [2.45, 2.75) is 44.8 Å². The summed E-state index contributed by atoms with van der Waals surface area (Å²) in [6, 6.07) is 0.404. The van der Waals surface area contributed by atoms with Gasteiger partial charge in [0.1, 0.15) is 11.4 Å². The molecule has 0 spiro atoms. The second-order valence-corrected chi connectivity index (χ2v) is 6.51. The van der Waals surface area contributed by atoms with Crippen molar-refractivity contribution in [3.8, 4) is 0 Å². The van der Waals surface area contributed by atoms with Crippen LogP contribution in [-0.4, -0.2) is 15.6 Å². The standard InChI is InChI=1S/C17H15F4NO3/c1-7(2)12-11(18)5-9-14(13(12)17(19,20)21)22(8-3-4-8)6-10(15(9)23)16(24)25/h5-8H,3-4H2,1-2H3,(H,24,25). The summed E-state index contributed by atoms with van der Waals surface area (Å²) in [5, 5.41) is 8.61. The maximum atomic E-state index is 14.4. The van der Waals surface area contributed by atoms with Crippen LogP contribution in [0.1, 0.15) is 60.1 Å². The molecule has 2 aromatic rings. The maximum absolute atomic E-state index is 14.4. The molecule has 0 radical (unpaired) electrons. The lowest BCUT2D eigenvalue weighted by atomic mass is 9.92. The number of aromatic nitrogens is 1. The molecule has 1 heterocycles. The first-order valence-electron chi connectivity index (χ1n) is 7.75. The van der Waals surface area contributed by atoms with Crippen molar-refractivity contribution in [2.75, 3.05) is 0 Å². The third-order valence-corrected chi connectivity index (χ3v) is 4.34. The van der Waals surface area contributed by atoms with E-state index in [4.69, 9.17) is 5.11 Å². The average molecular weight is 357 g/mol. The zero-order valence-corrected chi connectivity index (χ0v) is 13.4. The van der Waals surface area contributed by atoms with E-state index in [1.165, 1.54) is 18.4 Å². The Bertz CT molecular complexity index is 940. The van der Waals surface area contributed by atoms with E-state index in [9.17, 15) is 27.2 Å². The number of hydrogen-bond acceptors (Lipinski definition) is 2. The fraction of sp³-hybridized carbons (Fsp3) is 0.412. The molecule has 8 heteroatoms. The lowest BCUT2D eigenvalue weighted by molar-refractivity contribution is -0.137. The van der Waals surface area contributed by atoms with Gasteiger partial charge in [0, 0.05) is 17.8 Å². The first-order chi connectivity index (χ1) is 11.5. The predicted molar refractivity (Wildman–Crippen MR) is 82.5 cm³/mol. The minimum atomic E-state index is -4.88. The van der Waals surface area contributed by atoms with Crippen LogP contribution in [0.15, 0.2) is 17.1 Å². The van der Waals surface area contributed by atoms with Gasteiger partial charge in [-0.15, -0.1) is 0 Å². The van der Waals surface area contributed by atoms with E-state index in [1.807, 2.05) is 0 Å². The number of nitrogens with zero attached hydrogens (tertiary/aromatic N) is 1. The van der Waals surface area contributed by atoms with Crippen molar-refractivity contribution < 1.29 is 27.5 Å². The van der Waals surface area contributed by atoms with Crippen molar-refractivity contribution >= 4 is 16.9 Å². The highest BCUT2D eigenvalue weighted by Gasteiger charge is 2.41. The van der Waals surface area contributed by atoms with Crippen molar-refractivity contribution in [3.63, 3.8) is 0 Å². The summed E-state index contributed by atoms with van der Waals surface area (Å²) < 4.78 is 56.9. The van der Waals surface area contributed by atoms with Crippen molar-refractivity contribution in [1.29, 1.82) is 0 Å². The third-order valence-electron chi connectivity index (χ3n) is 4.34. The number of halogens is 4. The van der Waals surface area contributed by atoms with Crippen LogP contribution >= 0.6 is 0 Å². The summed E-state index contributed by atoms with van der Waals surface area (Å²) in [7, 11) is 0. The molecule has 1 aromatic heterocycles. The molecule has 1 aliphatic carbocycles. The minimum Gasteiger partial charge on any atom is -0.477 e. The van der Waals surface area contributed by atoms with Gasteiger partial charge < -0.3 is 9.67 Å². The molecule has 25 heavy (non-hydrogen) atoms. The topological polar surface area (TPSA) is 59.3 Å². The quantitative estimate of drug-likeness (QED) is 0.833. The molecule has 0 atom stereocenters. The van der Waals surface area contributed by atoms with Gasteiger partial charge in [-0.1, -0.05) is 13.8 Å². The number of carbonyl (C=O) groups is 1. The van der Waals surface area contributed by atoms with E-state index in [0.29, 0.717) is 12.8 Å². The third kappa shape index (κ3) is 2.79. The summed E-state index contributed by atoms with van der Waals surface area (Å²) >= 11 is 0. The molecule has 0 unspecified atom stereocenters. The van der Waals surface area contributed by atoms with Crippen LogP contribution in [0.4, 0.5) is 17.6 Å². The molecular formula is C17H15F4NO3. The first-order valence-corrected chi connectivity index (χ1v) is 7.75. The molecule has 1 fully saturated rings. The smallest absolute Gasteiger partial charge is 0.418 e. The SMILES string of the molecule is CC(C)c1c(F)cc2c(=O)c(C(=O)O)cn(C3CC3)c2c1C(F)(F)F. The van der Waals surface area contributed by atoms with Gasteiger partial charge >= 0.3 is 12.1 Å². The van der Waals surface area contributed by atoms with Gasteiger partial charge in [-0.25, -0.2) is 9.18 Å². The van der Waals surface area contributed by atoms with Crippen LogP contribution in [0.2, 0.25) is 0 Å². The summed E-state index contributed by atoms with van der Waals surface area (Å²) in [5.74, 6) is -3.47. The number of carboxylic acid groups (broad SMARTS) is 1. The van der Waals surface area contributed by atoms with E-state index >= 15 is 0 Å². The molecule has 1 aliphatic rings. The predicted octanol–water partition coefficient (Wildman–Crippen LogP) is 4.32. The van der Waals surface area contributed by atoms with Crippen LogP contribution in [0.3, 0.4) is 0 Å². The number of alkyl halides is 3. The summed E-state index contributed by atoms with van der Waals surface area (Å²) in [5.41, 5.74) is -3.92. The van der Waals surface area contributed by atoms with E-state index < -0.39 is 56.9 Å². The zero-order chi connectivity index (χ0) is 18.7. The minimum absolute atomic E-state index is 0.326. The van der Waals surface area contributed by atoms with E-state index in [-0.39, 0.29) is 6.04 Å². The number of rotatable bonds is 3. The Kier molecular flexibility index (Phi) is 3.89. The maximum Gasteiger partial charge on any atom is 0.418 e. The van der Waals surface area contributed by atoms with Gasteiger partial charge in [0.25, 0.3) is 0 Å². The normalized spacial score (nSPS) is 15.2. The molecule has 0 bridgehead atoms. The van der Waals surface area contributed by atoms with Gasteiger partial charge in [0.15, 0.2) is 0 Å². The second kappa shape index (κ2) is 5.57. The molecule has 0 amide bonds. The van der Waals surface area contributed by atoms with E-state index in [0.717, 1.165) is 12.3 Å². The van der Waals surface area contributed by atoms with Gasteiger partial charge in [-0.2, -0.15) is 13.2 Å². The van der Waals surface area contributed by atoms with Gasteiger partial charge in [-0.05, 0) is 24.8 Å². The summed E-state index contributed by atoms with van der Waals surface area (Å²) in [4.78, 5) is 23.6. The van der Waals surface area contributed by atoms with Gasteiger partial charge in [0.05, 0.1) is 16.5 Å². The van der Waals surface area contributed by atoms with Crippen LogP contribution < -0.4 is 5.43 Å². The molecule has 0 aliphatic heterocycles. The number of benzene rings is 1. The molecule has 1 saturated carbocycles. The average Bonchev–Trinajstić information content (AvgIpc) is 3.29. The Balaban J connectivity index is 2.59. The van der Waals surface area contributed by atoms with Crippen LogP contribution in [0.5, 0.6) is 0 Å². The number of aromatic carboxylic acids is 1. The van der Waals surface area contributed by atoms with Crippen molar-refractivity contribution in [2.24, 2.45) is 0 Å². The Morgan fingerprint density at radius 2 is 1.92 bits per heavy atom. The summed E-state index contributed by atoms with van der Waals surface area (Å²) in [6.45, 7) is 2.87. The fourth-order valence-corrected chi connectivity index (χ4v) is 3.15. The molecule has 0 saturated heterocycles. The van der Waals surface area contributed by atoms with Crippen LogP contribution in [0.25, 0.3) is 10.9 Å². The highest BCUT2D eigenvalue weighted by molar-refractivity contribution is 5.94. The van der Waals surface area contributed by atoms with Crippen LogP contribution in [0, 0.1) is 5.82 Å². The number of fused-ring (bicyclic) bond motifs is 1. The molecule has 4 nitrogen and oxygen atoms in total. The molecule has 1 aromatic carbocycles. The monoisotopic (exact) mass is 357 g/mol. The number of hydrogen-bond donors (Lipinski definition) is 1. The highest BCUT2D eigenvalue weighted by atomic mass is 19.4. The molecular weight excluding hydrogens is 342 g/mol. The Morgan fingerprint density at radius 1 is 1.32 bits per heavy atom. The Labute approximate surface area is 139 Å².